The van der Waals surface area contributed by atoms with Crippen LogP contribution in [0.3, 0.4) is 0 Å². The third-order valence-electron chi connectivity index (χ3n) is 1.82. The summed E-state index contributed by atoms with van der Waals surface area (Å²) in [7, 11) is 0. The van der Waals surface area contributed by atoms with E-state index >= 15 is 0 Å². The Morgan fingerprint density at radius 1 is 1.67 bits per heavy atom. The van der Waals surface area contributed by atoms with Crippen LogP contribution in [0.1, 0.15) is 26.2 Å². The van der Waals surface area contributed by atoms with Crippen molar-refractivity contribution in [3.05, 3.63) is 11.6 Å². The molecule has 0 aromatic carbocycles. The topological polar surface area (TPSA) is 26.0 Å². The molecule has 1 fully saturated rings. The van der Waals surface area contributed by atoms with Gasteiger partial charge in [-0.25, -0.2) is 0 Å². The van der Waals surface area contributed by atoms with E-state index in [1.807, 2.05) is 0 Å². The summed E-state index contributed by atoms with van der Waals surface area (Å²) < 4.78 is 0. The van der Waals surface area contributed by atoms with Gasteiger partial charge in [-0.05, 0) is 31.7 Å². The van der Waals surface area contributed by atoms with Crippen molar-refractivity contribution >= 4 is 0 Å². The van der Waals surface area contributed by atoms with Gasteiger partial charge in [-0.3, -0.25) is 0 Å². The molecule has 0 spiro atoms. The molecule has 0 radical (unpaired) electrons. The smallest absolute Gasteiger partial charge is 0.00425 e. The zero-order valence-corrected chi connectivity index (χ0v) is 6.06. The molecule has 1 saturated carbocycles. The number of rotatable bonds is 2. The molecule has 0 aromatic heterocycles. The Kier molecular flexibility index (Phi) is 2.29. The maximum absolute atomic E-state index is 5.35. The minimum Gasteiger partial charge on any atom is -0.330 e. The molecule has 1 nitrogen and oxygen atoms in total. The SMILES string of the molecule is CC1CC(=CCCN)C1. The number of allylic oxidation sites excluding steroid dienone is 1. The Morgan fingerprint density at radius 3 is 2.78 bits per heavy atom. The van der Waals surface area contributed by atoms with Crippen LogP contribution in [-0.2, 0) is 0 Å². The highest BCUT2D eigenvalue weighted by Crippen LogP contribution is 2.32. The van der Waals surface area contributed by atoms with Crippen molar-refractivity contribution in [2.24, 2.45) is 11.7 Å². The van der Waals surface area contributed by atoms with Gasteiger partial charge in [0.1, 0.15) is 0 Å². The van der Waals surface area contributed by atoms with Gasteiger partial charge < -0.3 is 5.73 Å². The van der Waals surface area contributed by atoms with Gasteiger partial charge in [-0.15, -0.1) is 0 Å². The van der Waals surface area contributed by atoms with E-state index in [0.717, 1.165) is 18.9 Å². The van der Waals surface area contributed by atoms with Crippen LogP contribution in [0.2, 0.25) is 0 Å². The summed E-state index contributed by atoms with van der Waals surface area (Å²) in [6, 6.07) is 0. The second kappa shape index (κ2) is 3.02. The molecule has 9 heavy (non-hydrogen) atoms. The van der Waals surface area contributed by atoms with Crippen molar-refractivity contribution in [1.82, 2.24) is 0 Å². The van der Waals surface area contributed by atoms with Gasteiger partial charge in [0.25, 0.3) is 0 Å². The second-order valence-corrected chi connectivity index (χ2v) is 2.95. The summed E-state index contributed by atoms with van der Waals surface area (Å²) >= 11 is 0. The molecule has 2 N–H and O–H groups in total. The van der Waals surface area contributed by atoms with Gasteiger partial charge in [-0.1, -0.05) is 18.6 Å². The molecule has 0 aromatic rings. The summed E-state index contributed by atoms with van der Waals surface area (Å²) in [5.74, 6) is 0.939. The molecule has 0 unspecified atom stereocenters. The van der Waals surface area contributed by atoms with Crippen LogP contribution in [0.4, 0.5) is 0 Å². The van der Waals surface area contributed by atoms with Crippen LogP contribution >= 0.6 is 0 Å². The average molecular weight is 125 g/mol. The first-order valence-corrected chi connectivity index (χ1v) is 3.71. The van der Waals surface area contributed by atoms with Crippen LogP contribution < -0.4 is 5.73 Å². The average Bonchev–Trinajstić information content (AvgIpc) is 1.78. The van der Waals surface area contributed by atoms with Crippen LogP contribution in [-0.4, -0.2) is 6.54 Å². The Balaban J connectivity index is 2.14. The van der Waals surface area contributed by atoms with E-state index in [9.17, 15) is 0 Å². The van der Waals surface area contributed by atoms with Crippen molar-refractivity contribution in [3.63, 3.8) is 0 Å². The summed E-state index contributed by atoms with van der Waals surface area (Å²) in [6.45, 7) is 3.09. The molecule has 0 bridgehead atoms. The largest absolute Gasteiger partial charge is 0.330 e. The third kappa shape index (κ3) is 1.83. The zero-order chi connectivity index (χ0) is 6.69. The third-order valence-corrected chi connectivity index (χ3v) is 1.82. The predicted molar refractivity (Wildman–Crippen MR) is 40.2 cm³/mol. The monoisotopic (exact) mass is 125 g/mol. The van der Waals surface area contributed by atoms with Crippen molar-refractivity contribution in [1.29, 1.82) is 0 Å². The lowest BCUT2D eigenvalue weighted by Crippen LogP contribution is -2.10. The van der Waals surface area contributed by atoms with Gasteiger partial charge in [0, 0.05) is 0 Å². The van der Waals surface area contributed by atoms with E-state index < -0.39 is 0 Å². The highest BCUT2D eigenvalue weighted by molar-refractivity contribution is 5.11. The first-order valence-electron chi connectivity index (χ1n) is 3.71. The number of hydrogen-bond acceptors (Lipinski definition) is 1. The van der Waals surface area contributed by atoms with Gasteiger partial charge in [-0.2, -0.15) is 0 Å². The van der Waals surface area contributed by atoms with E-state index in [1.54, 1.807) is 5.57 Å². The molecule has 0 heterocycles. The Morgan fingerprint density at radius 2 is 2.33 bits per heavy atom. The van der Waals surface area contributed by atoms with Crippen molar-refractivity contribution in [3.8, 4) is 0 Å². The minimum absolute atomic E-state index is 0.803. The summed E-state index contributed by atoms with van der Waals surface area (Å²) in [5.41, 5.74) is 6.96. The van der Waals surface area contributed by atoms with E-state index in [0.29, 0.717) is 0 Å². The van der Waals surface area contributed by atoms with Crippen LogP contribution in [0, 0.1) is 5.92 Å². The molecule has 0 saturated heterocycles. The van der Waals surface area contributed by atoms with E-state index in [2.05, 4.69) is 13.0 Å². The second-order valence-electron chi connectivity index (χ2n) is 2.95. The van der Waals surface area contributed by atoms with Gasteiger partial charge in [0.05, 0.1) is 0 Å². The molecule has 1 aliphatic carbocycles. The van der Waals surface area contributed by atoms with Crippen molar-refractivity contribution in [2.45, 2.75) is 26.2 Å². The lowest BCUT2D eigenvalue weighted by atomic mass is 9.81. The minimum atomic E-state index is 0.803. The maximum atomic E-state index is 5.35. The fourth-order valence-electron chi connectivity index (χ4n) is 1.29. The van der Waals surface area contributed by atoms with Crippen molar-refractivity contribution < 1.29 is 0 Å². The normalized spacial score (nSPS) is 25.6. The Hall–Kier alpha value is -0.300. The highest BCUT2D eigenvalue weighted by Gasteiger charge is 2.16. The molecular weight excluding hydrogens is 110 g/mol. The quantitative estimate of drug-likeness (QED) is 0.558. The summed E-state index contributed by atoms with van der Waals surface area (Å²) in [5, 5.41) is 0. The van der Waals surface area contributed by atoms with E-state index in [1.165, 1.54) is 12.8 Å². The fourth-order valence-corrected chi connectivity index (χ4v) is 1.29. The first kappa shape index (κ1) is 6.81. The molecule has 1 rings (SSSR count). The van der Waals surface area contributed by atoms with Gasteiger partial charge in [0.2, 0.25) is 0 Å². The highest BCUT2D eigenvalue weighted by atomic mass is 14.5. The standard InChI is InChI=1S/C8H15N/c1-7-5-8(6-7)3-2-4-9/h3,7H,2,4-6,9H2,1H3. The van der Waals surface area contributed by atoms with E-state index in [4.69, 9.17) is 5.73 Å². The molecule has 1 heteroatoms. The summed E-state index contributed by atoms with van der Waals surface area (Å²) in [6.07, 6.45) is 6.00. The Bertz CT molecular complexity index is 108. The number of nitrogens with two attached hydrogens (primary N) is 1. The van der Waals surface area contributed by atoms with E-state index in [-0.39, 0.29) is 0 Å². The molecule has 0 amide bonds. The number of hydrogen-bond donors (Lipinski definition) is 1. The Labute approximate surface area is 56.9 Å². The lowest BCUT2D eigenvalue weighted by Gasteiger charge is -2.25. The van der Waals surface area contributed by atoms with Crippen LogP contribution in [0.25, 0.3) is 0 Å². The van der Waals surface area contributed by atoms with Gasteiger partial charge in [0.15, 0.2) is 0 Å². The lowest BCUT2D eigenvalue weighted by molar-refractivity contribution is 0.458. The molecule has 1 aliphatic rings. The maximum Gasteiger partial charge on any atom is -0.00425 e. The van der Waals surface area contributed by atoms with Crippen molar-refractivity contribution in [2.75, 3.05) is 6.54 Å². The van der Waals surface area contributed by atoms with Gasteiger partial charge >= 0.3 is 0 Å². The molecular formula is C8H15N. The first-order chi connectivity index (χ1) is 4.33. The zero-order valence-electron chi connectivity index (χ0n) is 6.06. The molecule has 52 valence electrons. The van der Waals surface area contributed by atoms with Crippen LogP contribution in [0.5, 0.6) is 0 Å². The van der Waals surface area contributed by atoms with Crippen LogP contribution in [0.15, 0.2) is 11.6 Å². The molecule has 0 atom stereocenters. The predicted octanol–water partition coefficient (Wildman–Crippen LogP) is 1.69. The molecule has 0 aliphatic heterocycles. The summed E-state index contributed by atoms with van der Waals surface area (Å²) in [4.78, 5) is 0. The fraction of sp³-hybridized carbons (Fsp3) is 0.750.